The van der Waals surface area contributed by atoms with Gasteiger partial charge in [-0.3, -0.25) is 14.6 Å². The van der Waals surface area contributed by atoms with E-state index in [1.165, 1.54) is 23.1 Å². The van der Waals surface area contributed by atoms with E-state index in [2.05, 4.69) is 29.2 Å². The van der Waals surface area contributed by atoms with Crippen molar-refractivity contribution < 1.29 is 14.0 Å². The summed E-state index contributed by atoms with van der Waals surface area (Å²) in [4.78, 5) is 34.4. The zero-order valence-electron chi connectivity index (χ0n) is 20.3. The number of pyridine rings is 1. The molecule has 6 heteroatoms. The molecule has 2 aliphatic heterocycles. The molecule has 2 fully saturated rings. The first-order valence-electron chi connectivity index (χ1n) is 12.6. The van der Waals surface area contributed by atoms with E-state index in [4.69, 9.17) is 0 Å². The summed E-state index contributed by atoms with van der Waals surface area (Å²) in [6.45, 7) is 4.66. The molecule has 0 atom stereocenters. The van der Waals surface area contributed by atoms with Gasteiger partial charge in [-0.05, 0) is 80.0 Å². The zero-order valence-corrected chi connectivity index (χ0v) is 20.3. The molecule has 0 unspecified atom stereocenters. The summed E-state index contributed by atoms with van der Waals surface area (Å²) in [5.41, 5.74) is 2.27. The normalized spacial score (nSPS) is 18.6. The van der Waals surface area contributed by atoms with Crippen molar-refractivity contribution in [1.29, 1.82) is 0 Å². The predicted octanol–water partition coefficient (Wildman–Crippen LogP) is 5.10. The van der Waals surface area contributed by atoms with Gasteiger partial charge in [0.15, 0.2) is 0 Å². The van der Waals surface area contributed by atoms with Crippen molar-refractivity contribution in [3.63, 3.8) is 0 Å². The highest BCUT2D eigenvalue weighted by Gasteiger charge is 2.41. The van der Waals surface area contributed by atoms with Gasteiger partial charge in [0.05, 0.1) is 5.52 Å². The fraction of sp³-hybridized carbons (Fsp3) is 0.414. The van der Waals surface area contributed by atoms with Gasteiger partial charge in [-0.1, -0.05) is 25.1 Å². The van der Waals surface area contributed by atoms with E-state index in [0.29, 0.717) is 37.4 Å². The molecule has 5 nitrogen and oxygen atoms in total. The monoisotopic (exact) mass is 473 g/mol. The third kappa shape index (κ3) is 5.07. The molecule has 35 heavy (non-hydrogen) atoms. The van der Waals surface area contributed by atoms with Crippen LogP contribution < -0.4 is 0 Å². The van der Waals surface area contributed by atoms with Gasteiger partial charge in [-0.15, -0.1) is 0 Å². The number of halogens is 1. The molecule has 2 amide bonds. The molecule has 3 aromatic rings. The number of amides is 2. The molecule has 0 N–H and O–H groups in total. The van der Waals surface area contributed by atoms with E-state index in [0.717, 1.165) is 37.9 Å². The number of hydrogen-bond donors (Lipinski definition) is 0. The molecule has 2 aromatic carbocycles. The quantitative estimate of drug-likeness (QED) is 0.530. The molecule has 2 saturated heterocycles. The second kappa shape index (κ2) is 9.76. The molecule has 0 saturated carbocycles. The predicted molar refractivity (Wildman–Crippen MR) is 134 cm³/mol. The van der Waals surface area contributed by atoms with Crippen LogP contribution in [-0.2, 0) is 11.2 Å². The third-order valence-electron chi connectivity index (χ3n) is 7.84. The fourth-order valence-electron chi connectivity index (χ4n) is 5.53. The summed E-state index contributed by atoms with van der Waals surface area (Å²) in [7, 11) is 0. The Morgan fingerprint density at radius 1 is 0.971 bits per heavy atom. The number of benzene rings is 2. The van der Waals surface area contributed by atoms with E-state index in [1.54, 1.807) is 17.0 Å². The van der Waals surface area contributed by atoms with Crippen LogP contribution in [0.3, 0.4) is 0 Å². The van der Waals surface area contributed by atoms with E-state index >= 15 is 0 Å². The molecular weight excluding hydrogens is 441 g/mol. The van der Waals surface area contributed by atoms with Gasteiger partial charge in [0.25, 0.3) is 5.91 Å². The summed E-state index contributed by atoms with van der Waals surface area (Å²) in [5, 5.41) is 1.17. The van der Waals surface area contributed by atoms with Gasteiger partial charge in [-0.2, -0.15) is 0 Å². The number of carbonyl (C=O) groups is 2. The maximum absolute atomic E-state index is 13.5. The Morgan fingerprint density at radius 2 is 1.74 bits per heavy atom. The molecule has 5 rings (SSSR count). The molecule has 0 spiro atoms. The average Bonchev–Trinajstić information content (AvgIpc) is 2.89. The van der Waals surface area contributed by atoms with Crippen LogP contribution in [0.4, 0.5) is 4.39 Å². The molecule has 1 aromatic heterocycles. The number of likely N-dealkylation sites (tertiary alicyclic amines) is 2. The highest BCUT2D eigenvalue weighted by Crippen LogP contribution is 2.35. The maximum atomic E-state index is 13.5. The molecule has 0 bridgehead atoms. The van der Waals surface area contributed by atoms with Crippen molar-refractivity contribution in [2.45, 2.75) is 39.0 Å². The highest BCUT2D eigenvalue weighted by molar-refractivity contribution is 5.94. The van der Waals surface area contributed by atoms with Gasteiger partial charge in [0.1, 0.15) is 5.82 Å². The Morgan fingerprint density at radius 3 is 2.49 bits per heavy atom. The second-order valence-electron chi connectivity index (χ2n) is 10.3. The van der Waals surface area contributed by atoms with Crippen molar-refractivity contribution in [1.82, 2.24) is 14.8 Å². The Bertz CT molecular complexity index is 1230. The van der Waals surface area contributed by atoms with Crippen molar-refractivity contribution in [2.75, 3.05) is 26.2 Å². The lowest BCUT2D eigenvalue weighted by Gasteiger charge is -2.43. The summed E-state index contributed by atoms with van der Waals surface area (Å²) >= 11 is 0. The Balaban J connectivity index is 1.14. The fourth-order valence-corrected chi connectivity index (χ4v) is 5.53. The maximum Gasteiger partial charge on any atom is 0.253 e. The van der Waals surface area contributed by atoms with Crippen molar-refractivity contribution in [3.8, 4) is 0 Å². The third-order valence-corrected chi connectivity index (χ3v) is 7.84. The van der Waals surface area contributed by atoms with Gasteiger partial charge < -0.3 is 9.80 Å². The number of carbonyl (C=O) groups excluding carboxylic acids is 2. The molecule has 3 heterocycles. The number of piperidine rings is 2. The van der Waals surface area contributed by atoms with E-state index in [1.807, 2.05) is 24.1 Å². The van der Waals surface area contributed by atoms with E-state index in [9.17, 15) is 14.0 Å². The first-order valence-corrected chi connectivity index (χ1v) is 12.6. The molecule has 0 radical (unpaired) electrons. The zero-order chi connectivity index (χ0) is 24.4. The standard InChI is InChI=1S/C29H32FN3O2/c1-29(11-16-32(17-12-29)27(34)24-4-2-6-25(30)20-24)28(35)33-14-9-21(10-15-33)18-22-7-8-26-23(19-22)5-3-13-31-26/h2-8,13,19-21H,9-12,14-18H2,1H3. The van der Waals surface area contributed by atoms with Crippen LogP contribution in [0, 0.1) is 17.2 Å². The minimum atomic E-state index is -0.448. The van der Waals surface area contributed by atoms with Crippen LogP contribution in [-0.4, -0.2) is 52.8 Å². The number of fused-ring (bicyclic) bond motifs is 1. The summed E-state index contributed by atoms with van der Waals surface area (Å²) in [6.07, 6.45) is 6.15. The van der Waals surface area contributed by atoms with Crippen LogP contribution in [0.5, 0.6) is 0 Å². The Kier molecular flexibility index (Phi) is 6.54. The van der Waals surface area contributed by atoms with Crippen molar-refractivity contribution in [2.24, 2.45) is 11.3 Å². The highest BCUT2D eigenvalue weighted by atomic mass is 19.1. The molecule has 2 aliphatic rings. The molecular formula is C29H32FN3O2. The largest absolute Gasteiger partial charge is 0.342 e. The Hall–Kier alpha value is -3.28. The van der Waals surface area contributed by atoms with E-state index < -0.39 is 11.2 Å². The number of rotatable bonds is 4. The summed E-state index contributed by atoms with van der Waals surface area (Å²) in [6, 6.07) is 16.4. The van der Waals surface area contributed by atoms with Crippen molar-refractivity contribution in [3.05, 3.63) is 77.7 Å². The van der Waals surface area contributed by atoms with Gasteiger partial charge in [-0.25, -0.2) is 4.39 Å². The van der Waals surface area contributed by atoms with Crippen LogP contribution in [0.2, 0.25) is 0 Å². The molecule has 0 aliphatic carbocycles. The minimum absolute atomic E-state index is 0.163. The SMILES string of the molecule is CC1(C(=O)N2CCC(Cc3ccc4ncccc4c3)CC2)CCN(C(=O)c2cccc(F)c2)CC1. The smallest absolute Gasteiger partial charge is 0.253 e. The number of aromatic nitrogens is 1. The second-order valence-corrected chi connectivity index (χ2v) is 10.3. The van der Waals surface area contributed by atoms with Crippen LogP contribution in [0.25, 0.3) is 10.9 Å². The number of nitrogens with zero attached hydrogens (tertiary/aromatic N) is 3. The van der Waals surface area contributed by atoms with E-state index in [-0.39, 0.29) is 11.8 Å². The lowest BCUT2D eigenvalue weighted by atomic mass is 9.78. The minimum Gasteiger partial charge on any atom is -0.342 e. The topological polar surface area (TPSA) is 53.5 Å². The lowest BCUT2D eigenvalue weighted by Crippen LogP contribution is -2.51. The first kappa shape index (κ1) is 23.5. The van der Waals surface area contributed by atoms with Crippen LogP contribution >= 0.6 is 0 Å². The van der Waals surface area contributed by atoms with Gasteiger partial charge >= 0.3 is 0 Å². The summed E-state index contributed by atoms with van der Waals surface area (Å²) < 4.78 is 13.5. The summed E-state index contributed by atoms with van der Waals surface area (Å²) in [5.74, 6) is 0.218. The number of hydrogen-bond acceptors (Lipinski definition) is 3. The van der Waals surface area contributed by atoms with Crippen LogP contribution in [0.15, 0.2) is 60.8 Å². The van der Waals surface area contributed by atoms with Gasteiger partial charge in [0, 0.05) is 48.7 Å². The Labute approximate surface area is 205 Å². The first-order chi connectivity index (χ1) is 16.9. The molecule has 182 valence electrons. The average molecular weight is 474 g/mol. The van der Waals surface area contributed by atoms with Crippen LogP contribution in [0.1, 0.15) is 48.5 Å². The lowest BCUT2D eigenvalue weighted by molar-refractivity contribution is -0.145. The van der Waals surface area contributed by atoms with Gasteiger partial charge in [0.2, 0.25) is 5.91 Å². The van der Waals surface area contributed by atoms with Crippen molar-refractivity contribution >= 4 is 22.7 Å².